The molecule has 1 aliphatic heterocycles. The standard InChI is InChI=1S/C16H23FN2O/c1-2-19(15-9-4-3-8-14(15)17)16(20)11-10-13-7-5-6-12-18-13/h3-4,8-9,13,18H,2,5-7,10-12H2,1H3. The number of amides is 1. The first kappa shape index (κ1) is 15.0. The van der Waals surface area contributed by atoms with Gasteiger partial charge in [0.1, 0.15) is 5.82 Å². The van der Waals surface area contributed by atoms with E-state index in [2.05, 4.69) is 5.32 Å². The molecule has 1 aromatic carbocycles. The van der Waals surface area contributed by atoms with Gasteiger partial charge in [0.25, 0.3) is 0 Å². The maximum Gasteiger partial charge on any atom is 0.227 e. The number of halogens is 1. The number of rotatable bonds is 5. The number of carbonyl (C=O) groups excluding carboxylic acids is 1. The highest BCUT2D eigenvalue weighted by atomic mass is 19.1. The Morgan fingerprint density at radius 2 is 2.20 bits per heavy atom. The van der Waals surface area contributed by atoms with Crippen molar-refractivity contribution in [3.05, 3.63) is 30.1 Å². The molecule has 1 saturated heterocycles. The second-order valence-electron chi connectivity index (χ2n) is 5.27. The first-order valence-electron chi connectivity index (χ1n) is 7.50. The predicted molar refractivity (Wildman–Crippen MR) is 79.3 cm³/mol. The van der Waals surface area contributed by atoms with Crippen LogP contribution in [0.5, 0.6) is 0 Å². The highest BCUT2D eigenvalue weighted by Gasteiger charge is 2.19. The molecule has 0 saturated carbocycles. The van der Waals surface area contributed by atoms with Crippen LogP contribution in [0.15, 0.2) is 24.3 Å². The number of hydrogen-bond donors (Lipinski definition) is 1. The summed E-state index contributed by atoms with van der Waals surface area (Å²) >= 11 is 0. The summed E-state index contributed by atoms with van der Waals surface area (Å²) in [6.45, 7) is 3.42. The van der Waals surface area contributed by atoms with Crippen LogP contribution in [0.3, 0.4) is 0 Å². The molecule has 0 bridgehead atoms. The minimum absolute atomic E-state index is 0.00461. The zero-order valence-electron chi connectivity index (χ0n) is 12.1. The van der Waals surface area contributed by atoms with Crippen LogP contribution in [0.2, 0.25) is 0 Å². The lowest BCUT2D eigenvalue weighted by molar-refractivity contribution is -0.118. The van der Waals surface area contributed by atoms with Crippen molar-refractivity contribution in [3.8, 4) is 0 Å². The second-order valence-corrected chi connectivity index (χ2v) is 5.27. The molecule has 3 nitrogen and oxygen atoms in total. The molecule has 0 aromatic heterocycles. The third-order valence-electron chi connectivity index (χ3n) is 3.88. The van der Waals surface area contributed by atoms with Gasteiger partial charge >= 0.3 is 0 Å². The Morgan fingerprint density at radius 1 is 1.40 bits per heavy atom. The van der Waals surface area contributed by atoms with Crippen molar-refractivity contribution >= 4 is 11.6 Å². The van der Waals surface area contributed by atoms with E-state index in [4.69, 9.17) is 0 Å². The molecule has 1 amide bonds. The van der Waals surface area contributed by atoms with Crippen LogP contribution in [-0.2, 0) is 4.79 Å². The van der Waals surface area contributed by atoms with Gasteiger partial charge in [-0.25, -0.2) is 4.39 Å². The Labute approximate surface area is 120 Å². The zero-order chi connectivity index (χ0) is 14.4. The molecule has 2 rings (SSSR count). The summed E-state index contributed by atoms with van der Waals surface area (Å²) in [4.78, 5) is 13.8. The molecule has 1 unspecified atom stereocenters. The van der Waals surface area contributed by atoms with Crippen LogP contribution in [0.25, 0.3) is 0 Å². The molecule has 0 radical (unpaired) electrons. The topological polar surface area (TPSA) is 32.3 Å². The van der Waals surface area contributed by atoms with E-state index < -0.39 is 0 Å². The van der Waals surface area contributed by atoms with Crippen molar-refractivity contribution in [2.75, 3.05) is 18.0 Å². The van der Waals surface area contributed by atoms with E-state index in [0.717, 1.165) is 19.4 Å². The molecule has 1 aromatic rings. The van der Waals surface area contributed by atoms with Gasteiger partial charge in [0.2, 0.25) is 5.91 Å². The second kappa shape index (κ2) is 7.39. The van der Waals surface area contributed by atoms with Crippen molar-refractivity contribution in [3.63, 3.8) is 0 Å². The van der Waals surface area contributed by atoms with E-state index in [-0.39, 0.29) is 11.7 Å². The summed E-state index contributed by atoms with van der Waals surface area (Å²) < 4.78 is 13.8. The van der Waals surface area contributed by atoms with Gasteiger partial charge in [-0.2, -0.15) is 0 Å². The number of para-hydroxylation sites is 1. The van der Waals surface area contributed by atoms with Gasteiger partial charge in [-0.1, -0.05) is 18.6 Å². The number of piperidine rings is 1. The zero-order valence-corrected chi connectivity index (χ0v) is 12.1. The Balaban J connectivity index is 1.93. The van der Waals surface area contributed by atoms with Gasteiger partial charge in [-0.3, -0.25) is 4.79 Å². The normalized spacial score (nSPS) is 18.8. The largest absolute Gasteiger partial charge is 0.314 e. The van der Waals surface area contributed by atoms with E-state index in [1.54, 1.807) is 18.2 Å². The highest BCUT2D eigenvalue weighted by Crippen LogP contribution is 2.20. The summed E-state index contributed by atoms with van der Waals surface area (Å²) in [5.74, 6) is -0.330. The summed E-state index contributed by atoms with van der Waals surface area (Å²) in [5, 5.41) is 3.44. The Bertz CT molecular complexity index is 444. The molecular weight excluding hydrogens is 255 g/mol. The van der Waals surface area contributed by atoms with Crippen molar-refractivity contribution in [1.82, 2.24) is 5.32 Å². The van der Waals surface area contributed by atoms with E-state index in [0.29, 0.717) is 24.7 Å². The molecular formula is C16H23FN2O. The molecule has 1 N–H and O–H groups in total. The van der Waals surface area contributed by atoms with Crippen molar-refractivity contribution < 1.29 is 9.18 Å². The first-order valence-corrected chi connectivity index (χ1v) is 7.50. The average Bonchev–Trinajstić information content (AvgIpc) is 2.49. The predicted octanol–water partition coefficient (Wildman–Crippen LogP) is 3.10. The van der Waals surface area contributed by atoms with E-state index in [1.165, 1.54) is 23.8 Å². The quantitative estimate of drug-likeness (QED) is 0.897. The van der Waals surface area contributed by atoms with Crippen LogP contribution < -0.4 is 10.2 Å². The lowest BCUT2D eigenvalue weighted by atomic mass is 10.0. The molecule has 1 heterocycles. The molecule has 1 fully saturated rings. The lowest BCUT2D eigenvalue weighted by Gasteiger charge is -2.25. The Hall–Kier alpha value is -1.42. The van der Waals surface area contributed by atoms with Crippen molar-refractivity contribution in [1.29, 1.82) is 0 Å². The number of anilines is 1. The maximum absolute atomic E-state index is 13.8. The first-order chi connectivity index (χ1) is 9.72. The molecule has 1 aliphatic rings. The van der Waals surface area contributed by atoms with Gasteiger partial charge in [0.05, 0.1) is 5.69 Å². The maximum atomic E-state index is 13.8. The minimum atomic E-state index is -0.335. The molecule has 0 aliphatic carbocycles. The summed E-state index contributed by atoms with van der Waals surface area (Å²) in [5.41, 5.74) is 0.386. The van der Waals surface area contributed by atoms with E-state index in [9.17, 15) is 9.18 Å². The van der Waals surface area contributed by atoms with Crippen molar-refractivity contribution in [2.45, 2.75) is 45.1 Å². The fraction of sp³-hybridized carbons (Fsp3) is 0.562. The number of benzene rings is 1. The smallest absolute Gasteiger partial charge is 0.227 e. The van der Waals surface area contributed by atoms with Gasteiger partial charge < -0.3 is 10.2 Å². The van der Waals surface area contributed by atoms with Gasteiger partial charge in [0, 0.05) is 19.0 Å². The van der Waals surface area contributed by atoms with Gasteiger partial charge in [-0.15, -0.1) is 0 Å². The third kappa shape index (κ3) is 3.79. The molecule has 1 atom stereocenters. The van der Waals surface area contributed by atoms with Crippen LogP contribution in [0.1, 0.15) is 39.0 Å². The monoisotopic (exact) mass is 278 g/mol. The SMILES string of the molecule is CCN(C(=O)CCC1CCCCN1)c1ccccc1F. The third-order valence-corrected chi connectivity index (χ3v) is 3.88. The molecule has 0 spiro atoms. The number of nitrogens with zero attached hydrogens (tertiary/aromatic N) is 1. The van der Waals surface area contributed by atoms with Crippen LogP contribution in [0, 0.1) is 5.82 Å². The van der Waals surface area contributed by atoms with E-state index >= 15 is 0 Å². The average molecular weight is 278 g/mol. The molecule has 4 heteroatoms. The fourth-order valence-electron chi connectivity index (χ4n) is 2.75. The highest BCUT2D eigenvalue weighted by molar-refractivity contribution is 5.93. The Morgan fingerprint density at radius 3 is 2.85 bits per heavy atom. The fourth-order valence-corrected chi connectivity index (χ4v) is 2.75. The van der Waals surface area contributed by atoms with Crippen molar-refractivity contribution in [2.24, 2.45) is 0 Å². The van der Waals surface area contributed by atoms with Crippen LogP contribution in [0.4, 0.5) is 10.1 Å². The summed E-state index contributed by atoms with van der Waals surface area (Å²) in [7, 11) is 0. The number of hydrogen-bond acceptors (Lipinski definition) is 2. The summed E-state index contributed by atoms with van der Waals surface area (Å²) in [6.07, 6.45) is 4.90. The van der Waals surface area contributed by atoms with Gasteiger partial charge in [0.15, 0.2) is 0 Å². The van der Waals surface area contributed by atoms with Crippen LogP contribution in [-0.4, -0.2) is 25.0 Å². The molecule has 20 heavy (non-hydrogen) atoms. The van der Waals surface area contributed by atoms with E-state index in [1.807, 2.05) is 6.92 Å². The van der Waals surface area contributed by atoms with Gasteiger partial charge in [-0.05, 0) is 44.9 Å². The number of nitrogens with one attached hydrogen (secondary N) is 1. The number of carbonyl (C=O) groups is 1. The molecule has 110 valence electrons. The lowest BCUT2D eigenvalue weighted by Crippen LogP contribution is -2.36. The Kier molecular flexibility index (Phi) is 5.53. The van der Waals surface area contributed by atoms with Crippen LogP contribution >= 0.6 is 0 Å². The summed E-state index contributed by atoms with van der Waals surface area (Å²) in [6, 6.07) is 6.90. The minimum Gasteiger partial charge on any atom is -0.314 e.